The SMILES string of the molecule is C=C[C@]1(C)CC[C@@H]2[C@H](c3c[nH]c4cccc(c34)C2(C)C)[C@H]1[NH2+][CH2-]. The maximum Gasteiger partial charge on any atom is 0.0782 e. The molecule has 1 heterocycles. The average Bonchev–Trinajstić information content (AvgIpc) is 2.97. The molecule has 2 aliphatic carbocycles. The molecule has 1 aromatic carbocycles. The highest BCUT2D eigenvalue weighted by molar-refractivity contribution is 5.89. The summed E-state index contributed by atoms with van der Waals surface area (Å²) in [5, 5.41) is 3.65. The molecule has 0 unspecified atom stereocenters. The third kappa shape index (κ3) is 1.79. The molecule has 0 aliphatic heterocycles. The lowest BCUT2D eigenvalue weighted by atomic mass is 9.51. The van der Waals surface area contributed by atoms with Crippen molar-refractivity contribution in [2.45, 2.75) is 51.0 Å². The minimum atomic E-state index is 0.148. The van der Waals surface area contributed by atoms with Gasteiger partial charge in [0.25, 0.3) is 0 Å². The first-order valence-corrected chi connectivity index (χ1v) is 8.80. The molecule has 4 atom stereocenters. The van der Waals surface area contributed by atoms with E-state index >= 15 is 0 Å². The molecule has 2 heteroatoms. The molecule has 0 saturated heterocycles. The lowest BCUT2D eigenvalue weighted by Crippen LogP contribution is -2.90. The highest BCUT2D eigenvalue weighted by Gasteiger charge is 2.54. The minimum absolute atomic E-state index is 0.148. The second-order valence-electron chi connectivity index (χ2n) is 8.34. The number of benzene rings is 1. The Labute approximate surface area is 139 Å². The van der Waals surface area contributed by atoms with Gasteiger partial charge in [0.05, 0.1) is 6.04 Å². The van der Waals surface area contributed by atoms with Crippen molar-refractivity contribution in [3.63, 3.8) is 0 Å². The summed E-state index contributed by atoms with van der Waals surface area (Å²) in [5.74, 6) is 1.19. The lowest BCUT2D eigenvalue weighted by molar-refractivity contribution is -0.654. The summed E-state index contributed by atoms with van der Waals surface area (Å²) in [7, 11) is 4.21. The first-order valence-electron chi connectivity index (χ1n) is 8.80. The smallest absolute Gasteiger partial charge is 0.0782 e. The molecule has 1 saturated carbocycles. The van der Waals surface area contributed by atoms with Gasteiger partial charge in [-0.3, -0.25) is 0 Å². The number of aromatic nitrogens is 1. The number of aromatic amines is 1. The molecular formula is C21H28N2. The van der Waals surface area contributed by atoms with Crippen molar-refractivity contribution >= 4 is 10.9 Å². The Kier molecular flexibility index (Phi) is 3.09. The minimum Gasteiger partial charge on any atom is -0.475 e. The molecule has 1 fully saturated rings. The zero-order valence-electron chi connectivity index (χ0n) is 14.5. The van der Waals surface area contributed by atoms with Crippen molar-refractivity contribution in [1.82, 2.24) is 4.98 Å². The monoisotopic (exact) mass is 308 g/mol. The van der Waals surface area contributed by atoms with Crippen LogP contribution >= 0.6 is 0 Å². The third-order valence-corrected chi connectivity index (χ3v) is 7.01. The zero-order chi connectivity index (χ0) is 16.4. The topological polar surface area (TPSA) is 32.4 Å². The van der Waals surface area contributed by atoms with Gasteiger partial charge < -0.3 is 10.3 Å². The van der Waals surface area contributed by atoms with Crippen LogP contribution in [0.4, 0.5) is 0 Å². The predicted octanol–water partition coefficient (Wildman–Crippen LogP) is 3.87. The lowest BCUT2D eigenvalue weighted by Gasteiger charge is -2.54. The maximum absolute atomic E-state index is 4.21. The van der Waals surface area contributed by atoms with Gasteiger partial charge in [-0.2, -0.15) is 7.05 Å². The summed E-state index contributed by atoms with van der Waals surface area (Å²) in [6.45, 7) is 11.4. The molecular weight excluding hydrogens is 280 g/mol. The second-order valence-corrected chi connectivity index (χ2v) is 8.34. The maximum atomic E-state index is 4.21. The molecule has 2 nitrogen and oxygen atoms in total. The Hall–Kier alpha value is -1.54. The first kappa shape index (κ1) is 15.0. The van der Waals surface area contributed by atoms with Crippen LogP contribution in [0.25, 0.3) is 10.9 Å². The van der Waals surface area contributed by atoms with E-state index in [9.17, 15) is 0 Å². The predicted molar refractivity (Wildman–Crippen MR) is 96.2 cm³/mol. The molecule has 122 valence electrons. The standard InChI is InChI=1S/C21H28N2/c1-6-21(4)11-10-15-18(19(21)22-5)13-12-23-16-9-7-8-14(17(13)16)20(15,2)3/h6-9,12,15,18-19,23H,1,5,10-11,22H2,2-4H3/t15-,18+,19-,21-/m1/s1. The molecule has 0 spiro atoms. The number of nitrogens with one attached hydrogen (secondary N) is 1. The Morgan fingerprint density at radius 3 is 2.83 bits per heavy atom. The summed E-state index contributed by atoms with van der Waals surface area (Å²) in [6, 6.07) is 7.18. The van der Waals surface area contributed by atoms with Crippen molar-refractivity contribution in [2.24, 2.45) is 11.3 Å². The van der Waals surface area contributed by atoms with E-state index in [1.165, 1.54) is 34.9 Å². The van der Waals surface area contributed by atoms with Crippen LogP contribution in [-0.4, -0.2) is 11.0 Å². The number of rotatable bonds is 2. The molecule has 0 amide bonds. The third-order valence-electron chi connectivity index (χ3n) is 7.01. The van der Waals surface area contributed by atoms with Crippen molar-refractivity contribution in [2.75, 3.05) is 0 Å². The van der Waals surface area contributed by atoms with Gasteiger partial charge in [0.1, 0.15) is 0 Å². The first-order chi connectivity index (χ1) is 10.9. The molecule has 4 rings (SSSR count). The molecule has 2 aliphatic rings. The highest BCUT2D eigenvalue weighted by Crippen LogP contribution is 2.58. The van der Waals surface area contributed by atoms with Gasteiger partial charge in [0.2, 0.25) is 0 Å². The normalized spacial score (nSPS) is 35.0. The Morgan fingerprint density at radius 1 is 1.35 bits per heavy atom. The fourth-order valence-electron chi connectivity index (χ4n) is 5.56. The van der Waals surface area contributed by atoms with Gasteiger partial charge in [-0.25, -0.2) is 0 Å². The molecule has 0 bridgehead atoms. The number of H-pyrrole nitrogens is 1. The van der Waals surface area contributed by atoms with E-state index in [0.717, 1.165) is 0 Å². The van der Waals surface area contributed by atoms with Crippen LogP contribution in [0.3, 0.4) is 0 Å². The summed E-state index contributed by atoms with van der Waals surface area (Å²) in [5.41, 5.74) is 4.63. The van der Waals surface area contributed by atoms with Crippen LogP contribution in [0.5, 0.6) is 0 Å². The van der Waals surface area contributed by atoms with E-state index in [0.29, 0.717) is 17.9 Å². The fraction of sp³-hybridized carbons (Fsp3) is 0.476. The molecule has 3 N–H and O–H groups in total. The summed E-state index contributed by atoms with van der Waals surface area (Å²) < 4.78 is 0. The van der Waals surface area contributed by atoms with Crippen LogP contribution in [0.1, 0.15) is 50.7 Å². The Bertz CT molecular complexity index is 769. The number of fused-ring (bicyclic) bond motifs is 2. The van der Waals surface area contributed by atoms with Gasteiger partial charge in [-0.15, -0.1) is 6.58 Å². The van der Waals surface area contributed by atoms with E-state index in [2.05, 4.69) is 75.2 Å². The number of hydrogen-bond donors (Lipinski definition) is 2. The Balaban J connectivity index is 2.00. The largest absolute Gasteiger partial charge is 0.475 e. The Morgan fingerprint density at radius 2 is 2.13 bits per heavy atom. The highest BCUT2D eigenvalue weighted by atomic mass is 14.9. The number of nitrogens with two attached hydrogens (primary N) is 1. The van der Waals surface area contributed by atoms with E-state index in [-0.39, 0.29) is 10.8 Å². The second kappa shape index (κ2) is 4.73. The fourth-order valence-corrected chi connectivity index (χ4v) is 5.56. The van der Waals surface area contributed by atoms with Gasteiger partial charge in [-0.1, -0.05) is 39.0 Å². The van der Waals surface area contributed by atoms with E-state index in [1.54, 1.807) is 0 Å². The van der Waals surface area contributed by atoms with E-state index < -0.39 is 0 Å². The molecule has 0 radical (unpaired) electrons. The van der Waals surface area contributed by atoms with Crippen molar-refractivity contribution in [3.05, 3.63) is 55.2 Å². The summed E-state index contributed by atoms with van der Waals surface area (Å²) in [4.78, 5) is 3.52. The summed E-state index contributed by atoms with van der Waals surface area (Å²) >= 11 is 0. The van der Waals surface area contributed by atoms with Crippen molar-refractivity contribution < 1.29 is 5.32 Å². The van der Waals surface area contributed by atoms with Gasteiger partial charge >= 0.3 is 0 Å². The summed E-state index contributed by atoms with van der Waals surface area (Å²) in [6.07, 6.45) is 6.89. The van der Waals surface area contributed by atoms with Gasteiger partial charge in [0.15, 0.2) is 0 Å². The zero-order valence-corrected chi connectivity index (χ0v) is 14.5. The van der Waals surface area contributed by atoms with Crippen LogP contribution < -0.4 is 5.32 Å². The van der Waals surface area contributed by atoms with Gasteiger partial charge in [-0.05, 0) is 41.4 Å². The van der Waals surface area contributed by atoms with E-state index in [1.807, 2.05) is 0 Å². The van der Waals surface area contributed by atoms with Crippen LogP contribution in [0, 0.1) is 18.4 Å². The van der Waals surface area contributed by atoms with Crippen molar-refractivity contribution in [3.8, 4) is 0 Å². The number of hydrogen-bond acceptors (Lipinski definition) is 0. The number of quaternary nitrogens is 1. The quantitative estimate of drug-likeness (QED) is 0.624. The average molecular weight is 308 g/mol. The van der Waals surface area contributed by atoms with Crippen LogP contribution in [-0.2, 0) is 5.41 Å². The van der Waals surface area contributed by atoms with E-state index in [4.69, 9.17) is 0 Å². The molecule has 23 heavy (non-hydrogen) atoms. The van der Waals surface area contributed by atoms with Crippen LogP contribution in [0.15, 0.2) is 37.1 Å². The molecule has 2 aromatic rings. The molecule has 1 aromatic heterocycles. The van der Waals surface area contributed by atoms with Gasteiger partial charge in [0, 0.05) is 28.4 Å². The van der Waals surface area contributed by atoms with Crippen LogP contribution in [0.2, 0.25) is 0 Å². The van der Waals surface area contributed by atoms with Crippen molar-refractivity contribution in [1.29, 1.82) is 0 Å².